The summed E-state index contributed by atoms with van der Waals surface area (Å²) >= 11 is 0. The Balaban J connectivity index is 3.10. The van der Waals surface area contributed by atoms with Gasteiger partial charge >= 0.3 is 0 Å². The van der Waals surface area contributed by atoms with Crippen molar-refractivity contribution in [1.29, 1.82) is 0 Å². The standard InChI is InChI=1S/C8H10FNO/c9-4-6-2-1-3-7(5-10)8(6)11/h1-3,11H,4-5,10H2. The van der Waals surface area contributed by atoms with Gasteiger partial charge in [0.2, 0.25) is 0 Å². The summed E-state index contributed by atoms with van der Waals surface area (Å²) in [6.07, 6.45) is 0. The molecule has 1 aromatic rings. The lowest BCUT2D eigenvalue weighted by molar-refractivity contribution is 0.428. The maximum atomic E-state index is 12.1. The van der Waals surface area contributed by atoms with Crippen LogP contribution in [0.2, 0.25) is 0 Å². The summed E-state index contributed by atoms with van der Waals surface area (Å²) in [4.78, 5) is 0. The molecule has 11 heavy (non-hydrogen) atoms. The molecule has 0 saturated carbocycles. The monoisotopic (exact) mass is 155 g/mol. The lowest BCUT2D eigenvalue weighted by Gasteiger charge is -2.03. The third-order valence-electron chi connectivity index (χ3n) is 1.57. The van der Waals surface area contributed by atoms with Crippen LogP contribution in [0, 0.1) is 0 Å². The molecule has 0 aliphatic rings. The first kappa shape index (κ1) is 8.01. The summed E-state index contributed by atoms with van der Waals surface area (Å²) < 4.78 is 12.1. The quantitative estimate of drug-likeness (QED) is 0.676. The Morgan fingerprint density at radius 1 is 1.36 bits per heavy atom. The fourth-order valence-electron chi connectivity index (χ4n) is 0.917. The number of hydrogen-bond acceptors (Lipinski definition) is 2. The van der Waals surface area contributed by atoms with Crippen LogP contribution in [0.15, 0.2) is 18.2 Å². The molecule has 0 bridgehead atoms. The van der Waals surface area contributed by atoms with Crippen LogP contribution in [0.25, 0.3) is 0 Å². The lowest BCUT2D eigenvalue weighted by Crippen LogP contribution is -1.97. The van der Waals surface area contributed by atoms with E-state index in [0.29, 0.717) is 11.1 Å². The van der Waals surface area contributed by atoms with Crippen molar-refractivity contribution in [2.24, 2.45) is 5.73 Å². The second-order valence-corrected chi connectivity index (χ2v) is 2.26. The van der Waals surface area contributed by atoms with E-state index in [0.717, 1.165) is 0 Å². The van der Waals surface area contributed by atoms with Crippen molar-refractivity contribution in [2.45, 2.75) is 13.2 Å². The molecule has 3 heteroatoms. The number of aromatic hydroxyl groups is 1. The number of phenolic OH excluding ortho intramolecular Hbond substituents is 1. The predicted octanol–water partition coefficient (Wildman–Crippen LogP) is 1.32. The highest BCUT2D eigenvalue weighted by Gasteiger charge is 2.03. The Kier molecular flexibility index (Phi) is 2.44. The van der Waals surface area contributed by atoms with Crippen molar-refractivity contribution in [1.82, 2.24) is 0 Å². The largest absolute Gasteiger partial charge is 0.507 e. The van der Waals surface area contributed by atoms with Gasteiger partial charge in [0.05, 0.1) is 0 Å². The average molecular weight is 155 g/mol. The van der Waals surface area contributed by atoms with E-state index in [1.54, 1.807) is 12.1 Å². The molecular weight excluding hydrogens is 145 g/mol. The normalized spacial score (nSPS) is 10.0. The summed E-state index contributed by atoms with van der Waals surface area (Å²) in [6, 6.07) is 4.89. The average Bonchev–Trinajstić information content (AvgIpc) is 2.05. The van der Waals surface area contributed by atoms with Crippen LogP contribution in [-0.2, 0) is 13.2 Å². The predicted molar refractivity (Wildman–Crippen MR) is 40.8 cm³/mol. The number of rotatable bonds is 2. The highest BCUT2D eigenvalue weighted by molar-refractivity contribution is 5.39. The summed E-state index contributed by atoms with van der Waals surface area (Å²) in [5.74, 6) is -0.0162. The minimum Gasteiger partial charge on any atom is -0.507 e. The summed E-state index contributed by atoms with van der Waals surface area (Å²) in [5, 5.41) is 9.27. The zero-order valence-electron chi connectivity index (χ0n) is 6.05. The van der Waals surface area contributed by atoms with Crippen molar-refractivity contribution in [3.8, 4) is 5.75 Å². The second kappa shape index (κ2) is 3.34. The zero-order valence-corrected chi connectivity index (χ0v) is 6.05. The fraction of sp³-hybridized carbons (Fsp3) is 0.250. The first-order chi connectivity index (χ1) is 5.29. The minimum atomic E-state index is -0.653. The SMILES string of the molecule is NCc1cccc(CF)c1O. The van der Waals surface area contributed by atoms with Gasteiger partial charge in [0.25, 0.3) is 0 Å². The molecule has 0 atom stereocenters. The molecule has 0 fully saturated rings. The van der Waals surface area contributed by atoms with E-state index in [1.165, 1.54) is 6.07 Å². The molecule has 0 aliphatic carbocycles. The summed E-state index contributed by atoms with van der Waals surface area (Å²) in [6.45, 7) is -0.417. The van der Waals surface area contributed by atoms with Gasteiger partial charge in [-0.15, -0.1) is 0 Å². The van der Waals surface area contributed by atoms with Crippen molar-refractivity contribution in [3.05, 3.63) is 29.3 Å². The van der Waals surface area contributed by atoms with Crippen LogP contribution >= 0.6 is 0 Å². The van der Waals surface area contributed by atoms with E-state index >= 15 is 0 Å². The first-order valence-corrected chi connectivity index (χ1v) is 3.35. The molecule has 0 amide bonds. The van der Waals surface area contributed by atoms with Crippen LogP contribution in [0.4, 0.5) is 4.39 Å². The molecule has 0 radical (unpaired) electrons. The Morgan fingerprint density at radius 3 is 2.55 bits per heavy atom. The number of phenols is 1. The van der Waals surface area contributed by atoms with Gasteiger partial charge in [0.15, 0.2) is 0 Å². The Hall–Kier alpha value is -1.09. The van der Waals surface area contributed by atoms with Gasteiger partial charge in [0, 0.05) is 17.7 Å². The molecule has 0 heterocycles. The van der Waals surface area contributed by atoms with Gasteiger partial charge in [-0.05, 0) is 0 Å². The molecule has 1 rings (SSSR count). The van der Waals surface area contributed by atoms with E-state index in [2.05, 4.69) is 0 Å². The fourth-order valence-corrected chi connectivity index (χ4v) is 0.917. The molecule has 0 aliphatic heterocycles. The number of hydrogen-bond donors (Lipinski definition) is 2. The number of halogens is 1. The third kappa shape index (κ3) is 1.49. The van der Waals surface area contributed by atoms with Gasteiger partial charge in [-0.25, -0.2) is 4.39 Å². The molecule has 3 N–H and O–H groups in total. The molecular formula is C8H10FNO. The second-order valence-electron chi connectivity index (χ2n) is 2.26. The summed E-state index contributed by atoms with van der Waals surface area (Å²) in [5.41, 5.74) is 6.17. The lowest BCUT2D eigenvalue weighted by atomic mass is 10.1. The Morgan fingerprint density at radius 2 is 2.00 bits per heavy atom. The topological polar surface area (TPSA) is 46.2 Å². The van der Waals surface area contributed by atoms with E-state index in [9.17, 15) is 9.50 Å². The van der Waals surface area contributed by atoms with E-state index in [4.69, 9.17) is 5.73 Å². The maximum Gasteiger partial charge on any atom is 0.125 e. The van der Waals surface area contributed by atoms with Gasteiger partial charge in [-0.1, -0.05) is 18.2 Å². The number of benzene rings is 1. The first-order valence-electron chi connectivity index (χ1n) is 3.35. The molecule has 0 unspecified atom stereocenters. The Bertz CT molecular complexity index is 228. The van der Waals surface area contributed by atoms with Gasteiger partial charge in [-0.3, -0.25) is 0 Å². The van der Waals surface area contributed by atoms with Crippen LogP contribution in [0.1, 0.15) is 11.1 Å². The molecule has 2 nitrogen and oxygen atoms in total. The van der Waals surface area contributed by atoms with Crippen molar-refractivity contribution in [3.63, 3.8) is 0 Å². The van der Waals surface area contributed by atoms with E-state index < -0.39 is 6.67 Å². The van der Waals surface area contributed by atoms with Crippen LogP contribution in [-0.4, -0.2) is 5.11 Å². The van der Waals surface area contributed by atoms with Crippen molar-refractivity contribution < 1.29 is 9.50 Å². The third-order valence-corrected chi connectivity index (χ3v) is 1.57. The minimum absolute atomic E-state index is 0.0162. The van der Waals surface area contributed by atoms with Crippen LogP contribution in [0.5, 0.6) is 5.75 Å². The number of nitrogens with two attached hydrogens (primary N) is 1. The van der Waals surface area contributed by atoms with E-state index in [-0.39, 0.29) is 12.3 Å². The summed E-state index contributed by atoms with van der Waals surface area (Å²) in [7, 11) is 0. The van der Waals surface area contributed by atoms with Crippen LogP contribution < -0.4 is 5.73 Å². The van der Waals surface area contributed by atoms with Crippen molar-refractivity contribution in [2.75, 3.05) is 0 Å². The molecule has 1 aromatic carbocycles. The molecule has 60 valence electrons. The van der Waals surface area contributed by atoms with Crippen LogP contribution in [0.3, 0.4) is 0 Å². The highest BCUT2D eigenvalue weighted by atomic mass is 19.1. The number of alkyl halides is 1. The van der Waals surface area contributed by atoms with Gasteiger partial charge < -0.3 is 10.8 Å². The molecule has 0 spiro atoms. The smallest absolute Gasteiger partial charge is 0.125 e. The van der Waals surface area contributed by atoms with E-state index in [1.807, 2.05) is 0 Å². The Labute approximate surface area is 64.5 Å². The van der Waals surface area contributed by atoms with Gasteiger partial charge in [0.1, 0.15) is 12.4 Å². The van der Waals surface area contributed by atoms with Crippen molar-refractivity contribution >= 4 is 0 Å². The zero-order chi connectivity index (χ0) is 8.27. The maximum absolute atomic E-state index is 12.1. The highest BCUT2D eigenvalue weighted by Crippen LogP contribution is 2.22. The molecule has 0 aromatic heterocycles. The molecule has 0 saturated heterocycles. The number of para-hydroxylation sites is 1. The van der Waals surface area contributed by atoms with Gasteiger partial charge in [-0.2, -0.15) is 0 Å².